The van der Waals surface area contributed by atoms with Gasteiger partial charge in [-0.2, -0.15) is 0 Å². The number of hydrogen-bond donors (Lipinski definition) is 1. The van der Waals surface area contributed by atoms with Gasteiger partial charge in [0.1, 0.15) is 0 Å². The summed E-state index contributed by atoms with van der Waals surface area (Å²) in [7, 11) is 0. The average molecular weight is 359 g/mol. The van der Waals surface area contributed by atoms with Crippen molar-refractivity contribution in [2.24, 2.45) is 0 Å². The van der Waals surface area contributed by atoms with Gasteiger partial charge in [-0.3, -0.25) is 4.79 Å². The molecule has 0 aliphatic carbocycles. The second kappa shape index (κ2) is 8.30. The number of aryl methyl sites for hydroxylation is 2. The van der Waals surface area contributed by atoms with Crippen molar-refractivity contribution >= 4 is 28.9 Å². The van der Waals surface area contributed by atoms with Gasteiger partial charge in [0, 0.05) is 15.4 Å². The van der Waals surface area contributed by atoms with E-state index in [1.54, 1.807) is 24.3 Å². The molecule has 0 radical (unpaired) electrons. The van der Waals surface area contributed by atoms with Crippen LogP contribution in [0.4, 0.5) is 5.69 Å². The molecule has 0 bridgehead atoms. The Morgan fingerprint density at radius 2 is 1.88 bits per heavy atom. The largest absolute Gasteiger partial charge is 0.449 e. The summed E-state index contributed by atoms with van der Waals surface area (Å²) < 4.78 is 5.35. The highest BCUT2D eigenvalue weighted by molar-refractivity contribution is 7.12. The van der Waals surface area contributed by atoms with Crippen LogP contribution in [-0.4, -0.2) is 18.0 Å². The fourth-order valence-corrected chi connectivity index (χ4v) is 3.52. The minimum atomic E-state index is -0.864. The fourth-order valence-electron chi connectivity index (χ4n) is 2.61. The minimum absolute atomic E-state index is 0.325. The van der Waals surface area contributed by atoms with Gasteiger partial charge in [0.2, 0.25) is 0 Å². The van der Waals surface area contributed by atoms with Crippen LogP contribution in [0.5, 0.6) is 0 Å². The zero-order valence-electron chi connectivity index (χ0n) is 15.4. The number of ether oxygens (including phenoxy) is 1. The summed E-state index contributed by atoms with van der Waals surface area (Å²) in [6.45, 7) is 9.64. The summed E-state index contributed by atoms with van der Waals surface area (Å²) in [5, 5.41) is 2.89. The van der Waals surface area contributed by atoms with Crippen molar-refractivity contribution in [2.45, 2.75) is 53.1 Å². The van der Waals surface area contributed by atoms with Crippen LogP contribution >= 0.6 is 11.3 Å². The lowest BCUT2D eigenvalue weighted by atomic mass is 9.97. The molecule has 0 saturated heterocycles. The van der Waals surface area contributed by atoms with Crippen molar-refractivity contribution < 1.29 is 14.3 Å². The second-order valence-corrected chi connectivity index (χ2v) is 7.72. The zero-order chi connectivity index (χ0) is 18.6. The number of nitrogens with one attached hydrogen (secondary N) is 1. The summed E-state index contributed by atoms with van der Waals surface area (Å²) in [5.41, 5.74) is 2.38. The topological polar surface area (TPSA) is 55.4 Å². The predicted octanol–water partition coefficient (Wildman–Crippen LogP) is 5.06. The molecule has 0 saturated carbocycles. The van der Waals surface area contributed by atoms with Crippen LogP contribution in [0, 0.1) is 13.8 Å². The van der Waals surface area contributed by atoms with E-state index in [-0.39, 0.29) is 5.91 Å². The van der Waals surface area contributed by atoms with Crippen LogP contribution in [0.2, 0.25) is 0 Å². The lowest BCUT2D eigenvalue weighted by molar-refractivity contribution is -0.123. The lowest BCUT2D eigenvalue weighted by Gasteiger charge is -2.18. The highest BCUT2D eigenvalue weighted by Crippen LogP contribution is 2.27. The molecule has 25 heavy (non-hydrogen) atoms. The van der Waals surface area contributed by atoms with Gasteiger partial charge in [0.15, 0.2) is 6.10 Å². The van der Waals surface area contributed by atoms with E-state index in [2.05, 4.69) is 19.2 Å². The van der Waals surface area contributed by atoms with E-state index in [1.807, 2.05) is 38.1 Å². The normalized spacial score (nSPS) is 13.2. The first-order valence-corrected chi connectivity index (χ1v) is 9.32. The lowest BCUT2D eigenvalue weighted by Crippen LogP contribution is -2.30. The maximum atomic E-state index is 12.4. The van der Waals surface area contributed by atoms with Crippen molar-refractivity contribution in [3.63, 3.8) is 0 Å². The maximum Gasteiger partial charge on any atom is 0.340 e. The van der Waals surface area contributed by atoms with Crippen LogP contribution < -0.4 is 5.32 Å². The molecule has 1 amide bonds. The molecule has 2 aromatic rings. The van der Waals surface area contributed by atoms with Gasteiger partial charge >= 0.3 is 5.97 Å². The summed E-state index contributed by atoms with van der Waals surface area (Å²) in [6.07, 6.45) is 0.117. The first-order valence-electron chi connectivity index (χ1n) is 8.51. The van der Waals surface area contributed by atoms with Gasteiger partial charge in [-0.25, -0.2) is 4.79 Å². The van der Waals surface area contributed by atoms with Gasteiger partial charge in [0.05, 0.1) is 5.56 Å². The molecule has 1 aromatic heterocycles. The van der Waals surface area contributed by atoms with E-state index in [0.717, 1.165) is 27.4 Å². The number of thiophene rings is 1. The molecule has 2 atom stereocenters. The molecule has 1 heterocycles. The molecule has 134 valence electrons. The Kier molecular flexibility index (Phi) is 6.37. The third-order valence-corrected chi connectivity index (χ3v) is 5.24. The molecular weight excluding hydrogens is 334 g/mol. The van der Waals surface area contributed by atoms with E-state index in [4.69, 9.17) is 4.74 Å². The molecule has 5 heteroatoms. The van der Waals surface area contributed by atoms with Crippen molar-refractivity contribution in [2.75, 3.05) is 5.32 Å². The maximum absolute atomic E-state index is 12.4. The summed E-state index contributed by atoms with van der Waals surface area (Å²) in [6, 6.07) is 9.53. The van der Waals surface area contributed by atoms with Gasteiger partial charge in [-0.1, -0.05) is 32.0 Å². The van der Waals surface area contributed by atoms with E-state index in [0.29, 0.717) is 11.5 Å². The molecule has 1 N–H and O–H groups in total. The molecule has 0 aliphatic heterocycles. The Balaban J connectivity index is 2.06. The molecule has 1 aromatic carbocycles. The Morgan fingerprint density at radius 3 is 2.48 bits per heavy atom. The molecule has 0 aliphatic rings. The Bertz CT molecular complexity index is 766. The first kappa shape index (κ1) is 19.2. The van der Waals surface area contributed by atoms with Gasteiger partial charge in [-0.05, 0) is 50.8 Å². The number of para-hydroxylation sites is 1. The van der Waals surface area contributed by atoms with E-state index < -0.39 is 12.1 Å². The standard InChI is InChI=1S/C20H25NO3S/c1-6-12(2)16-9-7-8-10-18(16)21-19(22)14(4)24-20(23)17-11-13(3)25-15(17)5/h7-12,14H,6H2,1-5H3,(H,21,22)/t12-,14-/m1/s1. The number of rotatable bonds is 6. The molecule has 2 rings (SSSR count). The number of benzene rings is 1. The molecule has 0 spiro atoms. The highest BCUT2D eigenvalue weighted by Gasteiger charge is 2.22. The van der Waals surface area contributed by atoms with Crippen LogP contribution in [0.1, 0.15) is 58.8 Å². The molecule has 4 nitrogen and oxygen atoms in total. The Morgan fingerprint density at radius 1 is 1.20 bits per heavy atom. The van der Waals surface area contributed by atoms with E-state index >= 15 is 0 Å². The van der Waals surface area contributed by atoms with Crippen LogP contribution in [-0.2, 0) is 9.53 Å². The fraction of sp³-hybridized carbons (Fsp3) is 0.400. The number of esters is 1. The van der Waals surface area contributed by atoms with Gasteiger partial charge in [-0.15, -0.1) is 11.3 Å². The SMILES string of the molecule is CC[C@@H](C)c1ccccc1NC(=O)[C@@H](C)OC(=O)c1cc(C)sc1C. The monoisotopic (exact) mass is 359 g/mol. The van der Waals surface area contributed by atoms with E-state index in [9.17, 15) is 9.59 Å². The Hall–Kier alpha value is -2.14. The van der Waals surface area contributed by atoms with Crippen LogP contribution in [0.25, 0.3) is 0 Å². The summed E-state index contributed by atoms with van der Waals surface area (Å²) >= 11 is 1.54. The molecule has 0 fully saturated rings. The number of amides is 1. The van der Waals surface area contributed by atoms with Gasteiger partial charge in [0.25, 0.3) is 5.91 Å². The average Bonchev–Trinajstić information content (AvgIpc) is 2.93. The molecular formula is C20H25NO3S. The quantitative estimate of drug-likeness (QED) is 0.733. The van der Waals surface area contributed by atoms with Gasteiger partial charge < -0.3 is 10.1 Å². The summed E-state index contributed by atoms with van der Waals surface area (Å²) in [4.78, 5) is 26.7. The predicted molar refractivity (Wildman–Crippen MR) is 102 cm³/mol. The van der Waals surface area contributed by atoms with E-state index in [1.165, 1.54) is 0 Å². The first-order chi connectivity index (χ1) is 11.8. The third kappa shape index (κ3) is 4.69. The van der Waals surface area contributed by atoms with Crippen molar-refractivity contribution in [3.8, 4) is 0 Å². The molecule has 0 unspecified atom stereocenters. The number of carbonyl (C=O) groups excluding carboxylic acids is 2. The number of anilines is 1. The minimum Gasteiger partial charge on any atom is -0.449 e. The summed E-state index contributed by atoms with van der Waals surface area (Å²) in [5.74, 6) is -0.445. The second-order valence-electron chi connectivity index (χ2n) is 6.26. The number of hydrogen-bond acceptors (Lipinski definition) is 4. The van der Waals surface area contributed by atoms with Crippen LogP contribution in [0.3, 0.4) is 0 Å². The van der Waals surface area contributed by atoms with Crippen molar-refractivity contribution in [3.05, 3.63) is 51.2 Å². The third-order valence-electron chi connectivity index (χ3n) is 4.28. The Labute approximate surface area is 153 Å². The van der Waals surface area contributed by atoms with Crippen LogP contribution in [0.15, 0.2) is 30.3 Å². The van der Waals surface area contributed by atoms with Crippen molar-refractivity contribution in [1.82, 2.24) is 0 Å². The van der Waals surface area contributed by atoms with Crippen molar-refractivity contribution in [1.29, 1.82) is 0 Å². The number of carbonyl (C=O) groups is 2. The highest BCUT2D eigenvalue weighted by atomic mass is 32.1. The smallest absolute Gasteiger partial charge is 0.340 e. The zero-order valence-corrected chi connectivity index (χ0v) is 16.2.